The Hall–Kier alpha value is -1.85. The molecule has 0 unspecified atom stereocenters. The topological polar surface area (TPSA) is 78.5 Å². The maximum Gasteiger partial charge on any atom is 0.327 e. The predicted molar refractivity (Wildman–Crippen MR) is 73.3 cm³/mol. The summed E-state index contributed by atoms with van der Waals surface area (Å²) >= 11 is 0. The summed E-state index contributed by atoms with van der Waals surface area (Å²) in [6.07, 6.45) is 8.59. The Morgan fingerprint density at radius 1 is 0.950 bits per heavy atom. The maximum atomic E-state index is 11.9. The van der Waals surface area contributed by atoms with Crippen molar-refractivity contribution in [3.8, 4) is 0 Å². The summed E-state index contributed by atoms with van der Waals surface area (Å²) in [5.41, 5.74) is 5.23. The lowest BCUT2D eigenvalue weighted by atomic mass is 10.1. The molecule has 1 aliphatic heterocycles. The van der Waals surface area contributed by atoms with E-state index in [-0.39, 0.29) is 5.91 Å². The van der Waals surface area contributed by atoms with Crippen LogP contribution in [0.5, 0.6) is 0 Å². The molecule has 1 heterocycles. The normalized spacial score (nSPS) is 19.0. The first-order valence-electron chi connectivity index (χ1n) is 7.27. The van der Waals surface area contributed by atoms with Crippen molar-refractivity contribution in [2.45, 2.75) is 44.9 Å². The summed E-state index contributed by atoms with van der Waals surface area (Å²) in [5.74, 6) is -1.65. The molecule has 110 valence electrons. The van der Waals surface area contributed by atoms with Crippen LogP contribution in [0.1, 0.15) is 44.9 Å². The van der Waals surface area contributed by atoms with E-state index in [1.807, 2.05) is 6.08 Å². The van der Waals surface area contributed by atoms with Crippen molar-refractivity contribution in [3.63, 3.8) is 0 Å². The summed E-state index contributed by atoms with van der Waals surface area (Å²) in [7, 11) is 0. The molecule has 2 aliphatic rings. The van der Waals surface area contributed by atoms with E-state index in [0.717, 1.165) is 44.9 Å². The third-order valence-corrected chi connectivity index (χ3v) is 3.71. The van der Waals surface area contributed by atoms with E-state index >= 15 is 0 Å². The van der Waals surface area contributed by atoms with Gasteiger partial charge in [0.15, 0.2) is 0 Å². The molecule has 6 nitrogen and oxygen atoms in total. The first-order valence-corrected chi connectivity index (χ1v) is 7.27. The molecule has 0 aromatic rings. The fraction of sp³-hybridized carbons (Fsp3) is 0.643. The number of hydrazine groups is 1. The molecule has 1 saturated heterocycles. The highest BCUT2D eigenvalue weighted by molar-refractivity contribution is 6.35. The van der Waals surface area contributed by atoms with E-state index in [2.05, 4.69) is 10.9 Å². The van der Waals surface area contributed by atoms with Gasteiger partial charge in [0.25, 0.3) is 5.91 Å². The van der Waals surface area contributed by atoms with Crippen molar-refractivity contribution in [1.82, 2.24) is 15.8 Å². The molecule has 0 spiro atoms. The van der Waals surface area contributed by atoms with Gasteiger partial charge in [0.2, 0.25) is 0 Å². The lowest BCUT2D eigenvalue weighted by molar-refractivity contribution is -0.146. The fourth-order valence-corrected chi connectivity index (χ4v) is 2.53. The van der Waals surface area contributed by atoms with Gasteiger partial charge in [-0.1, -0.05) is 12.5 Å². The van der Waals surface area contributed by atoms with E-state index in [1.165, 1.54) is 4.90 Å². The Labute approximate surface area is 118 Å². The van der Waals surface area contributed by atoms with Crippen LogP contribution in [0.2, 0.25) is 0 Å². The second kappa shape index (κ2) is 7.07. The first kappa shape index (κ1) is 14.6. The molecule has 0 aromatic heterocycles. The molecule has 2 N–H and O–H groups in total. The second-order valence-electron chi connectivity index (χ2n) is 5.24. The van der Waals surface area contributed by atoms with Crippen molar-refractivity contribution in [3.05, 3.63) is 11.6 Å². The van der Waals surface area contributed by atoms with Crippen LogP contribution in [0.25, 0.3) is 0 Å². The highest BCUT2D eigenvalue weighted by Gasteiger charge is 2.24. The number of carbonyl (C=O) groups is 3. The number of carbonyl (C=O) groups excluding carboxylic acids is 3. The predicted octanol–water partition coefficient (Wildman–Crippen LogP) is 0.647. The third kappa shape index (κ3) is 3.82. The van der Waals surface area contributed by atoms with Crippen LogP contribution in [0, 0.1) is 0 Å². The quantitative estimate of drug-likeness (QED) is 0.546. The summed E-state index contributed by atoms with van der Waals surface area (Å²) in [6, 6.07) is 0. The molecule has 1 aliphatic carbocycles. The summed E-state index contributed by atoms with van der Waals surface area (Å²) in [5, 5.41) is 0. The van der Waals surface area contributed by atoms with Crippen molar-refractivity contribution in [2.24, 2.45) is 0 Å². The summed E-state index contributed by atoms with van der Waals surface area (Å²) < 4.78 is 0. The minimum absolute atomic E-state index is 0.311. The zero-order chi connectivity index (χ0) is 14.4. The minimum Gasteiger partial charge on any atom is -0.334 e. The monoisotopic (exact) mass is 279 g/mol. The highest BCUT2D eigenvalue weighted by atomic mass is 16.2. The van der Waals surface area contributed by atoms with Crippen LogP contribution in [0.15, 0.2) is 11.6 Å². The zero-order valence-corrected chi connectivity index (χ0v) is 11.6. The van der Waals surface area contributed by atoms with Gasteiger partial charge < -0.3 is 4.90 Å². The molecule has 0 atom stereocenters. The standard InChI is InChI=1S/C14H21N3O3/c18-12(11-7-3-1-2-4-8-11)15-16-13(19)14(20)17-9-5-6-10-17/h7H,1-6,8-10H2,(H,15,18)(H,16,19). The van der Waals surface area contributed by atoms with Crippen LogP contribution in [-0.2, 0) is 14.4 Å². The Bertz CT molecular complexity index is 425. The average molecular weight is 279 g/mol. The van der Waals surface area contributed by atoms with Gasteiger partial charge in [-0.3, -0.25) is 25.2 Å². The Kier molecular flexibility index (Phi) is 5.15. The van der Waals surface area contributed by atoms with Gasteiger partial charge in [0.1, 0.15) is 0 Å². The van der Waals surface area contributed by atoms with Gasteiger partial charge in [-0.05, 0) is 38.5 Å². The van der Waals surface area contributed by atoms with Gasteiger partial charge in [0, 0.05) is 18.7 Å². The smallest absolute Gasteiger partial charge is 0.327 e. The van der Waals surface area contributed by atoms with Crippen molar-refractivity contribution in [1.29, 1.82) is 0 Å². The molecule has 0 aromatic carbocycles. The minimum atomic E-state index is -0.769. The Morgan fingerprint density at radius 2 is 1.70 bits per heavy atom. The molecule has 0 saturated carbocycles. The van der Waals surface area contributed by atoms with Gasteiger partial charge in [0.05, 0.1) is 0 Å². The summed E-state index contributed by atoms with van der Waals surface area (Å²) in [4.78, 5) is 36.8. The fourth-order valence-electron chi connectivity index (χ4n) is 2.53. The molecule has 3 amide bonds. The largest absolute Gasteiger partial charge is 0.334 e. The molecule has 1 fully saturated rings. The van der Waals surface area contributed by atoms with E-state index in [4.69, 9.17) is 0 Å². The number of nitrogens with one attached hydrogen (secondary N) is 2. The van der Waals surface area contributed by atoms with E-state index in [1.54, 1.807) is 0 Å². The number of amides is 3. The zero-order valence-electron chi connectivity index (χ0n) is 11.6. The number of allylic oxidation sites excluding steroid dienone is 1. The van der Waals surface area contributed by atoms with Crippen LogP contribution in [0.3, 0.4) is 0 Å². The van der Waals surface area contributed by atoms with Crippen molar-refractivity contribution in [2.75, 3.05) is 13.1 Å². The molecule has 6 heteroatoms. The summed E-state index contributed by atoms with van der Waals surface area (Å²) in [6.45, 7) is 1.23. The maximum absolute atomic E-state index is 11.9. The number of hydrogen-bond acceptors (Lipinski definition) is 3. The second-order valence-corrected chi connectivity index (χ2v) is 5.24. The lowest BCUT2D eigenvalue weighted by Crippen LogP contribution is -2.49. The first-order chi connectivity index (χ1) is 9.68. The Balaban J connectivity index is 1.78. The SMILES string of the molecule is O=C(NNC(=O)C1=CCCCCC1)C(=O)N1CCCC1. The highest BCUT2D eigenvalue weighted by Crippen LogP contribution is 2.16. The van der Waals surface area contributed by atoms with Crippen molar-refractivity contribution < 1.29 is 14.4 Å². The molecule has 0 radical (unpaired) electrons. The van der Waals surface area contributed by atoms with Crippen LogP contribution >= 0.6 is 0 Å². The van der Waals surface area contributed by atoms with Gasteiger partial charge in [-0.2, -0.15) is 0 Å². The van der Waals surface area contributed by atoms with Crippen LogP contribution in [0.4, 0.5) is 0 Å². The number of rotatable bonds is 1. The molecule has 2 rings (SSSR count). The van der Waals surface area contributed by atoms with E-state index in [9.17, 15) is 14.4 Å². The Morgan fingerprint density at radius 3 is 2.45 bits per heavy atom. The number of hydrogen-bond donors (Lipinski definition) is 2. The van der Waals surface area contributed by atoms with Gasteiger partial charge >= 0.3 is 11.8 Å². The van der Waals surface area contributed by atoms with E-state index < -0.39 is 11.8 Å². The van der Waals surface area contributed by atoms with Gasteiger partial charge in [-0.25, -0.2) is 0 Å². The number of nitrogens with zero attached hydrogens (tertiary/aromatic N) is 1. The third-order valence-electron chi connectivity index (χ3n) is 3.71. The lowest BCUT2D eigenvalue weighted by Gasteiger charge is -2.15. The average Bonchev–Trinajstić information content (AvgIpc) is 2.85. The van der Waals surface area contributed by atoms with E-state index in [0.29, 0.717) is 18.7 Å². The molecule has 0 bridgehead atoms. The molecular formula is C14H21N3O3. The van der Waals surface area contributed by atoms with Crippen molar-refractivity contribution >= 4 is 17.7 Å². The number of likely N-dealkylation sites (tertiary alicyclic amines) is 1. The molecular weight excluding hydrogens is 258 g/mol. The molecule has 20 heavy (non-hydrogen) atoms. The van der Waals surface area contributed by atoms with Crippen LogP contribution < -0.4 is 10.9 Å². The van der Waals surface area contributed by atoms with Gasteiger partial charge in [-0.15, -0.1) is 0 Å². The van der Waals surface area contributed by atoms with Crippen LogP contribution in [-0.4, -0.2) is 35.7 Å².